The largest absolute Gasteiger partial charge is 0.344 e. The molecule has 3 heteroatoms. The van der Waals surface area contributed by atoms with Crippen molar-refractivity contribution in [2.24, 2.45) is 4.99 Å². The first-order chi connectivity index (χ1) is 7.16. The lowest BCUT2D eigenvalue weighted by atomic mass is 10.2. The smallest absolute Gasteiger partial charge is 0.201 e. The van der Waals surface area contributed by atoms with Crippen molar-refractivity contribution in [1.29, 1.82) is 0 Å². The highest BCUT2D eigenvalue weighted by atomic mass is 15.4. The van der Waals surface area contributed by atoms with Gasteiger partial charge in [0.1, 0.15) is 0 Å². The minimum Gasteiger partial charge on any atom is -0.344 e. The van der Waals surface area contributed by atoms with E-state index in [4.69, 9.17) is 0 Å². The third-order valence-electron chi connectivity index (χ3n) is 2.72. The van der Waals surface area contributed by atoms with Crippen molar-refractivity contribution < 1.29 is 0 Å². The van der Waals surface area contributed by atoms with Crippen LogP contribution in [-0.4, -0.2) is 42.9 Å². The van der Waals surface area contributed by atoms with Crippen LogP contribution in [0.1, 0.15) is 5.56 Å². The standard InChI is InChI=1S/C12H17N3/c1-10-4-6-11(7-5-10)13-12-14(2)8-9-15(12)3/h4-7H,8-9H2,1-3H3. The third kappa shape index (κ3) is 2.12. The molecular weight excluding hydrogens is 186 g/mol. The van der Waals surface area contributed by atoms with E-state index in [1.807, 2.05) is 0 Å². The Morgan fingerprint density at radius 3 is 2.07 bits per heavy atom. The topological polar surface area (TPSA) is 18.8 Å². The average Bonchev–Trinajstić information content (AvgIpc) is 2.53. The Morgan fingerprint density at radius 1 is 1.00 bits per heavy atom. The SMILES string of the molecule is Cc1ccc(N=C2N(C)CCN2C)cc1. The number of aliphatic imine (C=N–C) groups is 1. The molecule has 15 heavy (non-hydrogen) atoms. The van der Waals surface area contributed by atoms with Crippen LogP contribution in [0.5, 0.6) is 0 Å². The van der Waals surface area contributed by atoms with Crippen molar-refractivity contribution >= 4 is 11.6 Å². The molecule has 1 saturated heterocycles. The van der Waals surface area contributed by atoms with Gasteiger partial charge in [-0.15, -0.1) is 0 Å². The van der Waals surface area contributed by atoms with Crippen LogP contribution >= 0.6 is 0 Å². The Morgan fingerprint density at radius 2 is 1.53 bits per heavy atom. The summed E-state index contributed by atoms with van der Waals surface area (Å²) in [6.07, 6.45) is 0. The van der Waals surface area contributed by atoms with Crippen molar-refractivity contribution in [2.75, 3.05) is 27.2 Å². The molecular formula is C12H17N3. The van der Waals surface area contributed by atoms with Crippen LogP contribution in [-0.2, 0) is 0 Å². The zero-order valence-electron chi connectivity index (χ0n) is 9.57. The van der Waals surface area contributed by atoms with Crippen molar-refractivity contribution in [3.05, 3.63) is 29.8 Å². The monoisotopic (exact) mass is 203 g/mol. The van der Waals surface area contributed by atoms with E-state index < -0.39 is 0 Å². The van der Waals surface area contributed by atoms with E-state index in [1.54, 1.807) is 0 Å². The second-order valence-corrected chi connectivity index (χ2v) is 4.09. The van der Waals surface area contributed by atoms with Crippen LogP contribution in [0.15, 0.2) is 29.3 Å². The van der Waals surface area contributed by atoms with Crippen molar-refractivity contribution in [1.82, 2.24) is 9.80 Å². The van der Waals surface area contributed by atoms with Crippen molar-refractivity contribution in [3.63, 3.8) is 0 Å². The minimum absolute atomic E-state index is 1.02. The molecule has 0 amide bonds. The molecule has 1 aliphatic rings. The van der Waals surface area contributed by atoms with Gasteiger partial charge in [0.25, 0.3) is 0 Å². The summed E-state index contributed by atoms with van der Waals surface area (Å²) in [4.78, 5) is 8.99. The Labute approximate surface area is 91.0 Å². The molecule has 80 valence electrons. The maximum atomic E-state index is 4.63. The zero-order chi connectivity index (χ0) is 10.8. The highest BCUT2D eigenvalue weighted by molar-refractivity contribution is 5.84. The second-order valence-electron chi connectivity index (χ2n) is 4.09. The quantitative estimate of drug-likeness (QED) is 0.693. The number of nitrogens with zero attached hydrogens (tertiary/aromatic N) is 3. The number of hydrogen-bond donors (Lipinski definition) is 0. The van der Waals surface area contributed by atoms with Crippen LogP contribution in [0.4, 0.5) is 5.69 Å². The highest BCUT2D eigenvalue weighted by Gasteiger charge is 2.19. The molecule has 0 bridgehead atoms. The summed E-state index contributed by atoms with van der Waals surface area (Å²) in [5.74, 6) is 1.05. The second kappa shape index (κ2) is 3.93. The van der Waals surface area contributed by atoms with Crippen LogP contribution in [0.2, 0.25) is 0 Å². The molecule has 0 spiro atoms. The first kappa shape index (κ1) is 10.0. The van der Waals surface area contributed by atoms with Gasteiger partial charge in [0.2, 0.25) is 5.96 Å². The Kier molecular flexibility index (Phi) is 2.62. The summed E-state index contributed by atoms with van der Waals surface area (Å²) in [5.41, 5.74) is 2.29. The fraction of sp³-hybridized carbons (Fsp3) is 0.417. The molecule has 1 aromatic carbocycles. The van der Waals surface area contributed by atoms with Gasteiger partial charge in [0, 0.05) is 27.2 Å². The Bertz CT molecular complexity index is 355. The number of benzene rings is 1. The van der Waals surface area contributed by atoms with Gasteiger partial charge in [-0.2, -0.15) is 0 Å². The summed E-state index contributed by atoms with van der Waals surface area (Å²) >= 11 is 0. The highest BCUT2D eigenvalue weighted by Crippen LogP contribution is 2.15. The summed E-state index contributed by atoms with van der Waals surface area (Å²) < 4.78 is 0. The normalized spacial score (nSPS) is 16.1. The van der Waals surface area contributed by atoms with Crippen LogP contribution in [0.25, 0.3) is 0 Å². The third-order valence-corrected chi connectivity index (χ3v) is 2.72. The summed E-state index contributed by atoms with van der Waals surface area (Å²) in [7, 11) is 4.16. The lowest BCUT2D eigenvalue weighted by Crippen LogP contribution is -2.27. The molecule has 0 N–H and O–H groups in total. The van der Waals surface area contributed by atoms with E-state index in [1.165, 1.54) is 5.56 Å². The molecule has 1 aromatic rings. The lowest BCUT2D eigenvalue weighted by Gasteiger charge is -2.15. The molecule has 1 aliphatic heterocycles. The van der Waals surface area contributed by atoms with Gasteiger partial charge >= 0.3 is 0 Å². The van der Waals surface area contributed by atoms with Gasteiger partial charge in [-0.05, 0) is 19.1 Å². The number of guanidine groups is 1. The van der Waals surface area contributed by atoms with Crippen LogP contribution in [0, 0.1) is 6.92 Å². The fourth-order valence-electron chi connectivity index (χ4n) is 1.70. The van der Waals surface area contributed by atoms with Crippen LogP contribution in [0.3, 0.4) is 0 Å². The van der Waals surface area contributed by atoms with Gasteiger partial charge in [0.15, 0.2) is 0 Å². The predicted octanol–water partition coefficient (Wildman–Crippen LogP) is 1.86. The first-order valence-electron chi connectivity index (χ1n) is 5.24. The van der Waals surface area contributed by atoms with E-state index in [0.29, 0.717) is 0 Å². The predicted molar refractivity (Wildman–Crippen MR) is 63.5 cm³/mol. The molecule has 1 fully saturated rings. The van der Waals surface area contributed by atoms with Gasteiger partial charge in [-0.25, -0.2) is 4.99 Å². The van der Waals surface area contributed by atoms with Gasteiger partial charge in [-0.3, -0.25) is 0 Å². The maximum absolute atomic E-state index is 4.63. The maximum Gasteiger partial charge on any atom is 0.201 e. The lowest BCUT2D eigenvalue weighted by molar-refractivity contribution is 0.553. The molecule has 3 nitrogen and oxygen atoms in total. The minimum atomic E-state index is 1.02. The van der Waals surface area contributed by atoms with E-state index in [9.17, 15) is 0 Å². The number of rotatable bonds is 1. The van der Waals surface area contributed by atoms with E-state index in [0.717, 1.165) is 24.7 Å². The molecule has 0 atom stereocenters. The first-order valence-corrected chi connectivity index (χ1v) is 5.24. The average molecular weight is 203 g/mol. The molecule has 1 heterocycles. The van der Waals surface area contributed by atoms with Crippen molar-refractivity contribution in [3.8, 4) is 0 Å². The number of likely N-dealkylation sites (N-methyl/N-ethyl adjacent to an activating group) is 2. The molecule has 0 aromatic heterocycles. The van der Waals surface area contributed by atoms with Gasteiger partial charge < -0.3 is 9.80 Å². The Balaban J connectivity index is 2.25. The molecule has 2 rings (SSSR count). The Hall–Kier alpha value is -1.51. The number of hydrogen-bond acceptors (Lipinski definition) is 1. The summed E-state index contributed by atoms with van der Waals surface area (Å²) in [6.45, 7) is 4.20. The van der Waals surface area contributed by atoms with Crippen molar-refractivity contribution in [2.45, 2.75) is 6.92 Å². The summed E-state index contributed by atoms with van der Waals surface area (Å²) in [5, 5.41) is 0. The molecule has 0 unspecified atom stereocenters. The molecule has 0 saturated carbocycles. The van der Waals surface area contributed by atoms with Gasteiger partial charge in [0.05, 0.1) is 5.69 Å². The van der Waals surface area contributed by atoms with Crippen LogP contribution < -0.4 is 0 Å². The van der Waals surface area contributed by atoms with E-state index >= 15 is 0 Å². The molecule has 0 aliphatic carbocycles. The van der Waals surface area contributed by atoms with Gasteiger partial charge in [-0.1, -0.05) is 17.7 Å². The number of aryl methyl sites for hydroxylation is 1. The molecule has 0 radical (unpaired) electrons. The fourth-order valence-corrected chi connectivity index (χ4v) is 1.70. The zero-order valence-corrected chi connectivity index (χ0v) is 9.57. The van der Waals surface area contributed by atoms with E-state index in [2.05, 4.69) is 60.1 Å². The summed E-state index contributed by atoms with van der Waals surface area (Å²) in [6, 6.07) is 8.30. The van der Waals surface area contributed by atoms with E-state index in [-0.39, 0.29) is 0 Å².